The molecule has 3 aromatic carbocycles. The van der Waals surface area contributed by atoms with E-state index in [0.29, 0.717) is 23.0 Å². The van der Waals surface area contributed by atoms with Crippen molar-refractivity contribution in [3.63, 3.8) is 0 Å². The third-order valence-corrected chi connectivity index (χ3v) is 4.25. The summed E-state index contributed by atoms with van der Waals surface area (Å²) in [4.78, 5) is 13.7. The number of hydrogen-bond acceptors (Lipinski definition) is 4. The van der Waals surface area contributed by atoms with Crippen molar-refractivity contribution in [3.05, 3.63) is 90.3 Å². The van der Waals surface area contributed by atoms with Crippen LogP contribution in [0.3, 0.4) is 0 Å². The van der Waals surface area contributed by atoms with Gasteiger partial charge in [0, 0.05) is 11.1 Å². The maximum atomic E-state index is 8.97. The first-order valence-electron chi connectivity index (χ1n) is 8.62. The van der Waals surface area contributed by atoms with E-state index in [1.54, 1.807) is 0 Å². The molecule has 4 rings (SSSR count). The highest BCUT2D eigenvalue weighted by Crippen LogP contribution is 2.26. The van der Waals surface area contributed by atoms with Crippen molar-refractivity contribution in [2.45, 2.75) is 6.92 Å². The minimum atomic E-state index is 0.649. The summed E-state index contributed by atoms with van der Waals surface area (Å²) in [6.45, 7) is 1.88. The molecule has 27 heavy (non-hydrogen) atoms. The predicted molar refractivity (Wildman–Crippen MR) is 106 cm³/mol. The summed E-state index contributed by atoms with van der Waals surface area (Å²) in [5.74, 6) is 2.00. The van der Waals surface area contributed by atoms with E-state index in [9.17, 15) is 0 Å². The van der Waals surface area contributed by atoms with Gasteiger partial charge in [0.2, 0.25) is 0 Å². The molecule has 0 amide bonds. The molecule has 0 N–H and O–H groups in total. The fraction of sp³-hybridized carbons (Fsp3) is 0.0435. The van der Waals surface area contributed by atoms with E-state index in [2.05, 4.69) is 27.1 Å². The molecular weight excluding hydrogens is 332 g/mol. The molecular formula is C23H16N4. The Bertz CT molecular complexity index is 1130. The van der Waals surface area contributed by atoms with Crippen molar-refractivity contribution < 1.29 is 0 Å². The molecule has 1 aromatic heterocycles. The average Bonchev–Trinajstić information content (AvgIpc) is 2.74. The van der Waals surface area contributed by atoms with Crippen molar-refractivity contribution in [2.24, 2.45) is 0 Å². The highest BCUT2D eigenvalue weighted by atomic mass is 15.0. The molecule has 4 aromatic rings. The van der Waals surface area contributed by atoms with Crippen molar-refractivity contribution in [1.29, 1.82) is 5.26 Å². The first-order valence-corrected chi connectivity index (χ1v) is 8.62. The van der Waals surface area contributed by atoms with Crippen molar-refractivity contribution >= 4 is 0 Å². The third kappa shape index (κ3) is 3.58. The lowest BCUT2D eigenvalue weighted by Gasteiger charge is -2.08. The Morgan fingerprint density at radius 1 is 0.630 bits per heavy atom. The van der Waals surface area contributed by atoms with Gasteiger partial charge in [0.25, 0.3) is 0 Å². The molecule has 0 aliphatic carbocycles. The molecule has 4 heteroatoms. The molecule has 1 heterocycles. The van der Waals surface area contributed by atoms with Crippen molar-refractivity contribution in [3.8, 4) is 40.0 Å². The van der Waals surface area contributed by atoms with Gasteiger partial charge in [-0.1, -0.05) is 60.7 Å². The molecule has 0 radical (unpaired) electrons. The average molecular weight is 348 g/mol. The Morgan fingerprint density at radius 3 is 1.96 bits per heavy atom. The Balaban J connectivity index is 1.76. The molecule has 128 valence electrons. The van der Waals surface area contributed by atoms with Crippen LogP contribution >= 0.6 is 0 Å². The zero-order chi connectivity index (χ0) is 18.6. The van der Waals surface area contributed by atoms with Gasteiger partial charge in [-0.3, -0.25) is 0 Å². The summed E-state index contributed by atoms with van der Waals surface area (Å²) >= 11 is 0. The normalized spacial score (nSPS) is 10.4. The van der Waals surface area contributed by atoms with Crippen LogP contribution in [0.15, 0.2) is 78.9 Å². The standard InChI is InChI=1S/C23H16N4/c1-16-25-22(19-6-3-2-4-7-19)27-23(26-16)21-9-5-8-20(14-21)18-12-10-17(15-24)11-13-18/h2-14H,1H3. The smallest absolute Gasteiger partial charge is 0.163 e. The van der Waals surface area contributed by atoms with Crippen LogP contribution in [0.5, 0.6) is 0 Å². The largest absolute Gasteiger partial charge is 0.213 e. The van der Waals surface area contributed by atoms with E-state index >= 15 is 0 Å². The third-order valence-electron chi connectivity index (χ3n) is 4.25. The van der Waals surface area contributed by atoms with Crippen molar-refractivity contribution in [1.82, 2.24) is 15.0 Å². The van der Waals surface area contributed by atoms with Crippen LogP contribution in [-0.4, -0.2) is 15.0 Å². The summed E-state index contributed by atoms with van der Waals surface area (Å²) in [7, 11) is 0. The van der Waals surface area contributed by atoms with Gasteiger partial charge >= 0.3 is 0 Å². The molecule has 0 saturated carbocycles. The van der Waals surface area contributed by atoms with E-state index in [4.69, 9.17) is 5.26 Å². The molecule has 0 atom stereocenters. The number of nitrogens with zero attached hydrogens (tertiary/aromatic N) is 4. The molecule has 0 aliphatic heterocycles. The van der Waals surface area contributed by atoms with E-state index < -0.39 is 0 Å². The van der Waals surface area contributed by atoms with Crippen LogP contribution < -0.4 is 0 Å². The fourth-order valence-electron chi connectivity index (χ4n) is 2.90. The van der Waals surface area contributed by atoms with Gasteiger partial charge < -0.3 is 0 Å². The Hall–Kier alpha value is -3.84. The number of nitriles is 1. The number of rotatable bonds is 3. The van der Waals surface area contributed by atoms with Gasteiger partial charge in [-0.2, -0.15) is 5.26 Å². The van der Waals surface area contributed by atoms with Gasteiger partial charge in [0.05, 0.1) is 11.6 Å². The van der Waals surface area contributed by atoms with Gasteiger partial charge in [-0.05, 0) is 36.2 Å². The lowest BCUT2D eigenvalue weighted by molar-refractivity contribution is 0.992. The van der Waals surface area contributed by atoms with E-state index in [1.165, 1.54) is 0 Å². The topological polar surface area (TPSA) is 62.5 Å². The summed E-state index contributed by atoms with van der Waals surface area (Å²) in [5, 5.41) is 8.97. The van der Waals surface area contributed by atoms with E-state index in [0.717, 1.165) is 22.3 Å². The predicted octanol–water partition coefficient (Wildman–Crippen LogP) is 5.05. The quantitative estimate of drug-likeness (QED) is 0.519. The Labute approximate surface area is 157 Å². The fourth-order valence-corrected chi connectivity index (χ4v) is 2.90. The van der Waals surface area contributed by atoms with E-state index in [-0.39, 0.29) is 0 Å². The van der Waals surface area contributed by atoms with Crippen molar-refractivity contribution in [2.75, 3.05) is 0 Å². The first kappa shape index (κ1) is 16.6. The van der Waals surface area contributed by atoms with Crippen LogP contribution in [0.4, 0.5) is 0 Å². The highest BCUT2D eigenvalue weighted by molar-refractivity contribution is 5.71. The maximum Gasteiger partial charge on any atom is 0.163 e. The zero-order valence-corrected chi connectivity index (χ0v) is 14.8. The number of hydrogen-bond donors (Lipinski definition) is 0. The Kier molecular flexibility index (Phi) is 4.42. The molecule has 0 unspecified atom stereocenters. The second kappa shape index (κ2) is 7.19. The summed E-state index contributed by atoms with van der Waals surface area (Å²) in [6.07, 6.45) is 0. The van der Waals surface area contributed by atoms with E-state index in [1.807, 2.05) is 79.7 Å². The van der Waals surface area contributed by atoms with Gasteiger partial charge in [-0.15, -0.1) is 0 Å². The van der Waals surface area contributed by atoms with Crippen LogP contribution in [0, 0.1) is 18.3 Å². The van der Waals surface area contributed by atoms with Gasteiger partial charge in [0.15, 0.2) is 11.6 Å². The van der Waals surface area contributed by atoms with Gasteiger partial charge in [-0.25, -0.2) is 15.0 Å². The monoisotopic (exact) mass is 348 g/mol. The highest BCUT2D eigenvalue weighted by Gasteiger charge is 2.09. The molecule has 0 fully saturated rings. The zero-order valence-electron chi connectivity index (χ0n) is 14.8. The molecule has 0 bridgehead atoms. The second-order valence-electron chi connectivity index (χ2n) is 6.17. The number of aromatic nitrogens is 3. The second-order valence-corrected chi connectivity index (χ2v) is 6.17. The first-order chi connectivity index (χ1) is 13.2. The molecule has 0 saturated heterocycles. The Morgan fingerprint density at radius 2 is 1.26 bits per heavy atom. The number of benzene rings is 3. The minimum Gasteiger partial charge on any atom is -0.213 e. The summed E-state index contributed by atoms with van der Waals surface area (Å²) in [5.41, 5.74) is 4.64. The number of aryl methyl sites for hydroxylation is 1. The molecule has 0 aliphatic rings. The lowest BCUT2D eigenvalue weighted by atomic mass is 10.0. The summed E-state index contributed by atoms with van der Waals surface area (Å²) < 4.78 is 0. The maximum absolute atomic E-state index is 8.97. The lowest BCUT2D eigenvalue weighted by Crippen LogP contribution is -1.99. The molecule has 4 nitrogen and oxygen atoms in total. The summed E-state index contributed by atoms with van der Waals surface area (Å²) in [6, 6.07) is 27.7. The minimum absolute atomic E-state index is 0.649. The van der Waals surface area contributed by atoms with Crippen LogP contribution in [-0.2, 0) is 0 Å². The SMILES string of the molecule is Cc1nc(-c2ccccc2)nc(-c2cccc(-c3ccc(C#N)cc3)c2)n1. The van der Waals surface area contributed by atoms with Crippen LogP contribution in [0.1, 0.15) is 11.4 Å². The van der Waals surface area contributed by atoms with Gasteiger partial charge in [0.1, 0.15) is 5.82 Å². The van der Waals surface area contributed by atoms with Crippen LogP contribution in [0.2, 0.25) is 0 Å². The van der Waals surface area contributed by atoms with Crippen LogP contribution in [0.25, 0.3) is 33.9 Å². The molecule has 0 spiro atoms.